The van der Waals surface area contributed by atoms with Crippen molar-refractivity contribution < 1.29 is 4.39 Å². The van der Waals surface area contributed by atoms with Crippen LogP contribution in [0.1, 0.15) is 22.7 Å². The first-order valence-corrected chi connectivity index (χ1v) is 8.41. The van der Waals surface area contributed by atoms with Gasteiger partial charge in [-0.25, -0.2) is 4.39 Å². The van der Waals surface area contributed by atoms with Crippen LogP contribution in [0.4, 0.5) is 4.39 Å². The van der Waals surface area contributed by atoms with Crippen LogP contribution in [0.3, 0.4) is 0 Å². The zero-order valence-electron chi connectivity index (χ0n) is 15.4. The van der Waals surface area contributed by atoms with Crippen molar-refractivity contribution in [2.75, 3.05) is 27.7 Å². The molecule has 0 bridgehead atoms. The monoisotopic (exact) mass is 342 g/mol. The Bertz CT molecular complexity index is 678. The van der Waals surface area contributed by atoms with Crippen LogP contribution in [0.5, 0.6) is 0 Å². The highest BCUT2D eigenvalue weighted by molar-refractivity contribution is 5.79. The van der Waals surface area contributed by atoms with Crippen molar-refractivity contribution in [1.29, 1.82) is 0 Å². The van der Waals surface area contributed by atoms with E-state index in [0.717, 1.165) is 11.5 Å². The van der Waals surface area contributed by atoms with E-state index in [1.54, 1.807) is 7.05 Å². The van der Waals surface area contributed by atoms with Gasteiger partial charge in [-0.3, -0.25) is 4.99 Å². The zero-order chi connectivity index (χ0) is 18.2. The molecule has 2 aromatic rings. The number of rotatable bonds is 6. The van der Waals surface area contributed by atoms with Crippen LogP contribution in [-0.4, -0.2) is 38.5 Å². The lowest BCUT2D eigenvalue weighted by atomic mass is 10.1. The van der Waals surface area contributed by atoms with E-state index >= 15 is 0 Å². The summed E-state index contributed by atoms with van der Waals surface area (Å²) in [6.45, 7) is 3.46. The summed E-state index contributed by atoms with van der Waals surface area (Å²) < 4.78 is 13.1. The van der Waals surface area contributed by atoms with Crippen molar-refractivity contribution in [2.24, 2.45) is 4.99 Å². The SMILES string of the molecule is CN=C(NCc1ccc(C)cc1)NCC(c1ccc(F)cc1)N(C)C. The fourth-order valence-electron chi connectivity index (χ4n) is 2.59. The third-order valence-electron chi connectivity index (χ3n) is 4.15. The molecule has 0 aliphatic carbocycles. The predicted octanol–water partition coefficient (Wildman–Crippen LogP) is 3.10. The number of hydrogen-bond donors (Lipinski definition) is 2. The van der Waals surface area contributed by atoms with Gasteiger partial charge in [0.1, 0.15) is 5.82 Å². The van der Waals surface area contributed by atoms with Gasteiger partial charge in [0.15, 0.2) is 5.96 Å². The van der Waals surface area contributed by atoms with Gasteiger partial charge in [-0.2, -0.15) is 0 Å². The van der Waals surface area contributed by atoms with Crippen LogP contribution >= 0.6 is 0 Å². The second-order valence-electron chi connectivity index (χ2n) is 6.32. The third kappa shape index (κ3) is 5.87. The van der Waals surface area contributed by atoms with Gasteiger partial charge in [0, 0.05) is 20.1 Å². The molecule has 25 heavy (non-hydrogen) atoms. The van der Waals surface area contributed by atoms with Crippen LogP contribution in [0.15, 0.2) is 53.5 Å². The van der Waals surface area contributed by atoms with Gasteiger partial charge in [-0.1, -0.05) is 42.0 Å². The van der Waals surface area contributed by atoms with Crippen LogP contribution in [0.25, 0.3) is 0 Å². The van der Waals surface area contributed by atoms with Crippen molar-refractivity contribution >= 4 is 5.96 Å². The molecule has 134 valence electrons. The first-order chi connectivity index (χ1) is 12.0. The fraction of sp³-hybridized carbons (Fsp3) is 0.350. The maximum absolute atomic E-state index is 13.1. The largest absolute Gasteiger partial charge is 0.354 e. The van der Waals surface area contributed by atoms with E-state index < -0.39 is 0 Å². The number of hydrogen-bond acceptors (Lipinski definition) is 2. The number of benzene rings is 2. The maximum atomic E-state index is 13.1. The molecule has 0 amide bonds. The van der Waals surface area contributed by atoms with E-state index in [1.807, 2.05) is 26.2 Å². The number of likely N-dealkylation sites (N-methyl/N-ethyl adjacent to an activating group) is 1. The van der Waals surface area contributed by atoms with Gasteiger partial charge in [0.25, 0.3) is 0 Å². The highest BCUT2D eigenvalue weighted by Crippen LogP contribution is 2.17. The Balaban J connectivity index is 1.93. The van der Waals surface area contributed by atoms with Gasteiger partial charge >= 0.3 is 0 Å². The standard InChI is InChI=1S/C20H27FN4/c1-15-5-7-16(8-6-15)13-23-20(22-2)24-14-19(25(3)4)17-9-11-18(21)12-10-17/h5-12,19H,13-14H2,1-4H3,(H2,22,23,24). The molecule has 2 aromatic carbocycles. The van der Waals surface area contributed by atoms with Gasteiger partial charge in [0.05, 0.1) is 6.04 Å². The van der Waals surface area contributed by atoms with Crippen LogP contribution in [0.2, 0.25) is 0 Å². The molecule has 0 radical (unpaired) electrons. The Labute approximate surface area is 149 Å². The summed E-state index contributed by atoms with van der Waals surface area (Å²) in [5, 5.41) is 6.67. The predicted molar refractivity (Wildman–Crippen MR) is 102 cm³/mol. The minimum absolute atomic E-state index is 0.124. The number of aliphatic imine (C=N–C) groups is 1. The molecule has 5 heteroatoms. The molecule has 0 aromatic heterocycles. The van der Waals surface area contributed by atoms with Crippen molar-refractivity contribution in [3.63, 3.8) is 0 Å². The molecule has 0 aliphatic rings. The van der Waals surface area contributed by atoms with E-state index in [1.165, 1.54) is 23.3 Å². The molecule has 0 saturated carbocycles. The molecule has 1 atom stereocenters. The minimum atomic E-state index is -0.218. The average molecular weight is 342 g/mol. The molecule has 0 heterocycles. The van der Waals surface area contributed by atoms with Gasteiger partial charge in [-0.15, -0.1) is 0 Å². The Morgan fingerprint density at radius 1 is 1.04 bits per heavy atom. The number of guanidine groups is 1. The number of nitrogens with one attached hydrogen (secondary N) is 2. The van der Waals surface area contributed by atoms with E-state index in [9.17, 15) is 4.39 Å². The van der Waals surface area contributed by atoms with Crippen molar-refractivity contribution in [2.45, 2.75) is 19.5 Å². The molecule has 1 unspecified atom stereocenters. The topological polar surface area (TPSA) is 39.7 Å². The molecule has 0 aliphatic heterocycles. The lowest BCUT2D eigenvalue weighted by Gasteiger charge is -2.26. The highest BCUT2D eigenvalue weighted by Gasteiger charge is 2.14. The molecular weight excluding hydrogens is 315 g/mol. The van der Waals surface area contributed by atoms with Crippen molar-refractivity contribution in [3.05, 3.63) is 71.0 Å². The Morgan fingerprint density at radius 2 is 1.68 bits per heavy atom. The van der Waals surface area contributed by atoms with Gasteiger partial charge in [0.2, 0.25) is 0 Å². The lowest BCUT2D eigenvalue weighted by Crippen LogP contribution is -2.41. The van der Waals surface area contributed by atoms with E-state index in [4.69, 9.17) is 0 Å². The van der Waals surface area contributed by atoms with E-state index in [-0.39, 0.29) is 11.9 Å². The second kappa shape index (κ2) is 9.18. The first-order valence-electron chi connectivity index (χ1n) is 8.41. The molecule has 0 saturated heterocycles. The minimum Gasteiger partial charge on any atom is -0.354 e. The van der Waals surface area contributed by atoms with Crippen LogP contribution in [-0.2, 0) is 6.54 Å². The summed E-state index contributed by atoms with van der Waals surface area (Å²) in [6.07, 6.45) is 0. The first kappa shape index (κ1) is 18.9. The Morgan fingerprint density at radius 3 is 2.24 bits per heavy atom. The van der Waals surface area contributed by atoms with Crippen LogP contribution in [0, 0.1) is 12.7 Å². The normalized spacial score (nSPS) is 13.0. The summed E-state index contributed by atoms with van der Waals surface area (Å²) in [5.74, 6) is 0.527. The zero-order valence-corrected chi connectivity index (χ0v) is 15.4. The van der Waals surface area contributed by atoms with E-state index in [2.05, 4.69) is 51.7 Å². The second-order valence-corrected chi connectivity index (χ2v) is 6.32. The molecule has 0 fully saturated rings. The highest BCUT2D eigenvalue weighted by atomic mass is 19.1. The fourth-order valence-corrected chi connectivity index (χ4v) is 2.59. The average Bonchev–Trinajstić information content (AvgIpc) is 2.60. The summed E-state index contributed by atoms with van der Waals surface area (Å²) in [6, 6.07) is 15.2. The lowest BCUT2D eigenvalue weighted by molar-refractivity contribution is 0.298. The summed E-state index contributed by atoms with van der Waals surface area (Å²) in [4.78, 5) is 6.38. The van der Waals surface area contributed by atoms with Crippen molar-refractivity contribution in [1.82, 2.24) is 15.5 Å². The maximum Gasteiger partial charge on any atom is 0.191 e. The van der Waals surface area contributed by atoms with Gasteiger partial charge < -0.3 is 15.5 Å². The molecular formula is C20H27FN4. The van der Waals surface area contributed by atoms with E-state index in [0.29, 0.717) is 13.1 Å². The third-order valence-corrected chi connectivity index (χ3v) is 4.15. The number of halogens is 1. The number of nitrogens with zero attached hydrogens (tertiary/aromatic N) is 2. The molecule has 0 spiro atoms. The van der Waals surface area contributed by atoms with Crippen LogP contribution < -0.4 is 10.6 Å². The summed E-state index contributed by atoms with van der Waals surface area (Å²) in [7, 11) is 5.78. The van der Waals surface area contributed by atoms with Crippen molar-refractivity contribution in [3.8, 4) is 0 Å². The quantitative estimate of drug-likeness (QED) is 0.626. The Hall–Kier alpha value is -2.40. The molecule has 2 N–H and O–H groups in total. The number of aryl methyl sites for hydroxylation is 1. The van der Waals surface area contributed by atoms with Gasteiger partial charge in [-0.05, 0) is 44.3 Å². The summed E-state index contributed by atoms with van der Waals surface area (Å²) in [5.41, 5.74) is 3.52. The smallest absolute Gasteiger partial charge is 0.191 e. The Kier molecular flexibility index (Phi) is 6.95. The molecule has 2 rings (SSSR count). The molecule has 4 nitrogen and oxygen atoms in total. The summed E-state index contributed by atoms with van der Waals surface area (Å²) >= 11 is 0.